The van der Waals surface area contributed by atoms with E-state index in [2.05, 4.69) is 20.0 Å². The Morgan fingerprint density at radius 1 is 1.07 bits per heavy atom. The van der Waals surface area contributed by atoms with E-state index in [4.69, 9.17) is 5.73 Å². The average molecular weight is 410 g/mol. The number of para-hydroxylation sites is 1. The lowest BCUT2D eigenvalue weighted by atomic mass is 10.1. The molecule has 27 heavy (non-hydrogen) atoms. The summed E-state index contributed by atoms with van der Waals surface area (Å²) in [6.45, 7) is 2.66. The number of nitrogens with two attached hydrogens (primary N) is 1. The summed E-state index contributed by atoms with van der Waals surface area (Å²) in [6, 6.07) is 7.19. The number of fused-ring (bicyclic) bond motifs is 1. The minimum atomic E-state index is -0.0213. The number of nitrogens with zero attached hydrogens (tertiary/aromatic N) is 6. The quantitative estimate of drug-likeness (QED) is 0.648. The lowest BCUT2D eigenvalue weighted by Gasteiger charge is -2.35. The third-order valence-corrected chi connectivity index (χ3v) is 4.57. The Bertz CT molecular complexity index is 938. The topological polar surface area (TPSA) is 93.2 Å². The summed E-state index contributed by atoms with van der Waals surface area (Å²) in [7, 11) is 1.86. The number of halogens is 2. The van der Waals surface area contributed by atoms with Crippen molar-refractivity contribution in [1.29, 1.82) is 0 Å². The van der Waals surface area contributed by atoms with E-state index in [0.29, 0.717) is 37.4 Å². The van der Waals surface area contributed by atoms with Crippen LogP contribution >= 0.6 is 24.8 Å². The van der Waals surface area contributed by atoms with E-state index in [1.54, 1.807) is 29.3 Å². The predicted octanol–water partition coefficient (Wildman–Crippen LogP) is 1.75. The smallest absolute Gasteiger partial charge is 0.256 e. The molecule has 0 bridgehead atoms. The summed E-state index contributed by atoms with van der Waals surface area (Å²) in [5.41, 5.74) is 7.81. The Morgan fingerprint density at radius 2 is 1.78 bits per heavy atom. The van der Waals surface area contributed by atoms with Crippen LogP contribution in [0.25, 0.3) is 11.0 Å². The van der Waals surface area contributed by atoms with Crippen molar-refractivity contribution in [2.24, 2.45) is 7.05 Å². The zero-order valence-corrected chi connectivity index (χ0v) is 16.4. The molecule has 0 radical (unpaired) electrons. The van der Waals surface area contributed by atoms with Crippen molar-refractivity contribution in [3.05, 3.63) is 42.4 Å². The Hall–Kier alpha value is -2.58. The fourth-order valence-corrected chi connectivity index (χ4v) is 3.19. The maximum Gasteiger partial charge on any atom is 0.256 e. The second kappa shape index (κ2) is 8.41. The third kappa shape index (κ3) is 3.77. The highest BCUT2D eigenvalue weighted by Gasteiger charge is 2.25. The van der Waals surface area contributed by atoms with Gasteiger partial charge in [0.2, 0.25) is 0 Å². The lowest BCUT2D eigenvalue weighted by molar-refractivity contribution is 0.0747. The highest BCUT2D eigenvalue weighted by Crippen LogP contribution is 2.24. The second-order valence-electron chi connectivity index (χ2n) is 6.07. The van der Waals surface area contributed by atoms with Crippen LogP contribution in [0.2, 0.25) is 0 Å². The number of rotatable bonds is 2. The van der Waals surface area contributed by atoms with E-state index in [1.165, 1.54) is 0 Å². The van der Waals surface area contributed by atoms with Crippen LogP contribution in [0, 0.1) is 0 Å². The van der Waals surface area contributed by atoms with Crippen LogP contribution in [0.15, 0.2) is 36.8 Å². The summed E-state index contributed by atoms with van der Waals surface area (Å²) in [5, 5.41) is 5.18. The van der Waals surface area contributed by atoms with Crippen molar-refractivity contribution in [1.82, 2.24) is 24.6 Å². The molecule has 1 aromatic carbocycles. The SMILES string of the molecule is Cl.Cl.Cn1ncc2c(N3CCN(C(=O)c4ccccc4N)CC3)ncnc21. The largest absolute Gasteiger partial charge is 0.398 e. The minimum absolute atomic E-state index is 0. The number of benzene rings is 1. The summed E-state index contributed by atoms with van der Waals surface area (Å²) < 4.78 is 1.73. The van der Waals surface area contributed by atoms with Gasteiger partial charge in [0.15, 0.2) is 5.65 Å². The van der Waals surface area contributed by atoms with Gasteiger partial charge in [0.05, 0.1) is 17.1 Å². The van der Waals surface area contributed by atoms with Crippen LogP contribution in [0.5, 0.6) is 0 Å². The average Bonchev–Trinajstić information content (AvgIpc) is 3.03. The standard InChI is InChI=1S/C17H19N7O.2ClH/c1-22-15-13(10-21-22)16(20-11-19-15)23-6-8-24(9-7-23)17(25)12-4-2-3-5-14(12)18;;/h2-5,10-11H,6-9,18H2,1H3;2*1H. The first-order valence-electron chi connectivity index (χ1n) is 8.16. The molecule has 1 saturated heterocycles. The molecular weight excluding hydrogens is 389 g/mol. The van der Waals surface area contributed by atoms with Crippen LogP contribution < -0.4 is 10.6 Å². The molecule has 3 aromatic rings. The summed E-state index contributed by atoms with van der Waals surface area (Å²) in [6.07, 6.45) is 3.34. The molecule has 10 heteroatoms. The minimum Gasteiger partial charge on any atom is -0.398 e. The van der Waals surface area contributed by atoms with Crippen LogP contribution in [0.1, 0.15) is 10.4 Å². The van der Waals surface area contributed by atoms with Gasteiger partial charge in [-0.25, -0.2) is 9.97 Å². The number of aromatic nitrogens is 4. The molecule has 3 heterocycles. The van der Waals surface area contributed by atoms with E-state index in [0.717, 1.165) is 16.9 Å². The molecule has 1 amide bonds. The number of aryl methyl sites for hydroxylation is 1. The highest BCUT2D eigenvalue weighted by molar-refractivity contribution is 5.99. The number of nitrogen functional groups attached to an aromatic ring is 1. The van der Waals surface area contributed by atoms with Crippen LogP contribution in [0.3, 0.4) is 0 Å². The number of carbonyl (C=O) groups excluding carboxylic acids is 1. The van der Waals surface area contributed by atoms with Crippen LogP contribution in [0.4, 0.5) is 11.5 Å². The molecule has 2 N–H and O–H groups in total. The van der Waals surface area contributed by atoms with Crippen molar-refractivity contribution in [2.45, 2.75) is 0 Å². The number of amides is 1. The summed E-state index contributed by atoms with van der Waals surface area (Å²) in [5.74, 6) is 0.844. The number of hydrogen-bond donors (Lipinski definition) is 1. The maximum absolute atomic E-state index is 12.7. The van der Waals surface area contributed by atoms with Crippen LogP contribution in [-0.2, 0) is 7.05 Å². The first-order chi connectivity index (χ1) is 12.1. The molecule has 0 saturated carbocycles. The Morgan fingerprint density at radius 3 is 2.48 bits per heavy atom. The Balaban J connectivity index is 0.00000131. The van der Waals surface area contributed by atoms with E-state index in [-0.39, 0.29) is 30.7 Å². The number of hydrogen-bond acceptors (Lipinski definition) is 6. The fraction of sp³-hybridized carbons (Fsp3) is 0.294. The van der Waals surface area contributed by atoms with Crippen molar-refractivity contribution in [3.63, 3.8) is 0 Å². The molecule has 144 valence electrons. The van der Waals surface area contributed by atoms with E-state index in [9.17, 15) is 4.79 Å². The summed E-state index contributed by atoms with van der Waals surface area (Å²) >= 11 is 0. The zero-order valence-electron chi connectivity index (χ0n) is 14.8. The summed E-state index contributed by atoms with van der Waals surface area (Å²) in [4.78, 5) is 25.4. The van der Waals surface area contributed by atoms with Gasteiger partial charge in [-0.05, 0) is 12.1 Å². The molecule has 0 spiro atoms. The number of anilines is 2. The second-order valence-corrected chi connectivity index (χ2v) is 6.07. The molecule has 0 unspecified atom stereocenters. The van der Waals surface area contributed by atoms with Crippen molar-refractivity contribution in [2.75, 3.05) is 36.8 Å². The zero-order chi connectivity index (χ0) is 17.4. The molecule has 4 rings (SSSR count). The maximum atomic E-state index is 12.7. The van der Waals surface area contributed by atoms with Gasteiger partial charge in [-0.1, -0.05) is 12.1 Å². The molecule has 2 aromatic heterocycles. The lowest BCUT2D eigenvalue weighted by Crippen LogP contribution is -2.49. The molecule has 0 aliphatic carbocycles. The van der Waals surface area contributed by atoms with Gasteiger partial charge >= 0.3 is 0 Å². The molecule has 1 aliphatic rings. The van der Waals surface area contributed by atoms with E-state index >= 15 is 0 Å². The Kier molecular flexibility index (Phi) is 6.45. The van der Waals surface area contributed by atoms with Gasteiger partial charge in [-0.15, -0.1) is 24.8 Å². The molecule has 0 atom stereocenters. The normalized spacial score (nSPS) is 13.8. The van der Waals surface area contributed by atoms with Gasteiger partial charge in [0.1, 0.15) is 12.1 Å². The monoisotopic (exact) mass is 409 g/mol. The van der Waals surface area contributed by atoms with Gasteiger partial charge in [0.25, 0.3) is 5.91 Å². The fourth-order valence-electron chi connectivity index (χ4n) is 3.19. The Labute approximate surface area is 169 Å². The van der Waals surface area contributed by atoms with Gasteiger partial charge in [0, 0.05) is 38.9 Å². The van der Waals surface area contributed by atoms with Crippen molar-refractivity contribution in [3.8, 4) is 0 Å². The first kappa shape index (κ1) is 20.7. The molecular formula is C17H21Cl2N7O. The highest BCUT2D eigenvalue weighted by atomic mass is 35.5. The molecule has 8 nitrogen and oxygen atoms in total. The van der Waals surface area contributed by atoms with Gasteiger partial charge in [-0.2, -0.15) is 5.10 Å². The predicted molar refractivity (Wildman–Crippen MR) is 110 cm³/mol. The van der Waals surface area contributed by atoms with Gasteiger partial charge in [-0.3, -0.25) is 9.48 Å². The van der Waals surface area contributed by atoms with Crippen molar-refractivity contribution >= 4 is 53.3 Å². The van der Waals surface area contributed by atoms with Crippen LogP contribution in [-0.4, -0.2) is 56.7 Å². The van der Waals surface area contributed by atoms with Crippen molar-refractivity contribution < 1.29 is 4.79 Å². The first-order valence-corrected chi connectivity index (χ1v) is 8.16. The van der Waals surface area contributed by atoms with Gasteiger partial charge < -0.3 is 15.5 Å². The number of carbonyl (C=O) groups is 1. The third-order valence-electron chi connectivity index (χ3n) is 4.57. The number of piperazine rings is 1. The van der Waals surface area contributed by atoms with E-state index < -0.39 is 0 Å². The molecule has 1 fully saturated rings. The van der Waals surface area contributed by atoms with E-state index in [1.807, 2.05) is 24.1 Å². The molecule has 1 aliphatic heterocycles.